The Labute approximate surface area is 108 Å². The first-order valence-electron chi connectivity index (χ1n) is 6.62. The van der Waals surface area contributed by atoms with Gasteiger partial charge in [-0.05, 0) is 49.9 Å². The van der Waals surface area contributed by atoms with Gasteiger partial charge in [-0.2, -0.15) is 0 Å². The number of aliphatic carboxylic acids is 1. The number of carboxylic acid groups (broad SMARTS) is 1. The average molecular weight is 250 g/mol. The summed E-state index contributed by atoms with van der Waals surface area (Å²) in [6.07, 6.45) is 5.08. The van der Waals surface area contributed by atoms with Gasteiger partial charge in [-0.3, -0.25) is 0 Å². The lowest BCUT2D eigenvalue weighted by atomic mass is 9.57. The second-order valence-electron chi connectivity index (χ2n) is 6.19. The highest BCUT2D eigenvalue weighted by atomic mass is 16.4. The van der Waals surface area contributed by atoms with Crippen LogP contribution in [0.1, 0.15) is 39.5 Å². The monoisotopic (exact) mass is 250 g/mol. The van der Waals surface area contributed by atoms with E-state index in [9.17, 15) is 9.90 Å². The third-order valence-electron chi connectivity index (χ3n) is 4.87. The number of hydrogen-bond donors (Lipinski definition) is 2. The van der Waals surface area contributed by atoms with Crippen LogP contribution >= 0.6 is 0 Å². The molecule has 18 heavy (non-hydrogen) atoms. The van der Waals surface area contributed by atoms with Gasteiger partial charge < -0.3 is 10.2 Å². The van der Waals surface area contributed by atoms with Crippen molar-refractivity contribution in [1.29, 1.82) is 0 Å². The lowest BCUT2D eigenvalue weighted by Gasteiger charge is -2.48. The van der Waals surface area contributed by atoms with Crippen LogP contribution in [-0.2, 0) is 4.79 Å². The van der Waals surface area contributed by atoms with Crippen molar-refractivity contribution in [3.8, 4) is 0 Å². The Morgan fingerprint density at radius 2 is 2.22 bits per heavy atom. The van der Waals surface area contributed by atoms with Crippen LogP contribution in [0.25, 0.3) is 0 Å². The van der Waals surface area contributed by atoms with Crippen LogP contribution in [0, 0.1) is 17.3 Å². The van der Waals surface area contributed by atoms with Crippen LogP contribution in [0.4, 0.5) is 0 Å². The quantitative estimate of drug-likeness (QED) is 0.585. The molecule has 4 atom stereocenters. The molecular formula is C15H22O3. The fraction of sp³-hybridized carbons (Fsp3) is 0.667. The van der Waals surface area contributed by atoms with Crippen LogP contribution < -0.4 is 0 Å². The Bertz CT molecular complexity index is 410. The first kappa shape index (κ1) is 13.3. The van der Waals surface area contributed by atoms with E-state index in [1.165, 1.54) is 5.57 Å². The van der Waals surface area contributed by atoms with Crippen molar-refractivity contribution in [2.45, 2.75) is 45.6 Å². The maximum absolute atomic E-state index is 11.0. The molecule has 0 bridgehead atoms. The number of aliphatic hydroxyl groups is 1. The van der Waals surface area contributed by atoms with E-state index in [-0.39, 0.29) is 17.4 Å². The molecule has 0 amide bonds. The highest BCUT2D eigenvalue weighted by Crippen LogP contribution is 2.52. The molecule has 1 saturated carbocycles. The molecule has 0 aromatic carbocycles. The number of carbonyl (C=O) groups is 1. The maximum Gasteiger partial charge on any atom is 0.331 e. The fourth-order valence-corrected chi connectivity index (χ4v) is 3.79. The molecule has 0 aromatic rings. The van der Waals surface area contributed by atoms with Crippen LogP contribution in [0.15, 0.2) is 23.8 Å². The second-order valence-corrected chi connectivity index (χ2v) is 6.19. The topological polar surface area (TPSA) is 57.5 Å². The van der Waals surface area contributed by atoms with Gasteiger partial charge in [-0.25, -0.2) is 4.79 Å². The molecule has 0 unspecified atom stereocenters. The normalized spacial score (nSPS) is 39.7. The van der Waals surface area contributed by atoms with E-state index in [4.69, 9.17) is 5.11 Å². The molecule has 2 aliphatic rings. The molecule has 0 aliphatic heterocycles. The molecule has 0 radical (unpaired) electrons. The lowest BCUT2D eigenvalue weighted by molar-refractivity contribution is -0.133. The number of carboxylic acids is 1. The lowest BCUT2D eigenvalue weighted by Crippen LogP contribution is -2.41. The summed E-state index contributed by atoms with van der Waals surface area (Å²) in [4.78, 5) is 11.0. The largest absolute Gasteiger partial charge is 0.478 e. The van der Waals surface area contributed by atoms with E-state index in [0.717, 1.165) is 25.7 Å². The Morgan fingerprint density at radius 1 is 1.56 bits per heavy atom. The van der Waals surface area contributed by atoms with Crippen molar-refractivity contribution in [1.82, 2.24) is 0 Å². The van der Waals surface area contributed by atoms with Crippen molar-refractivity contribution in [2.24, 2.45) is 17.3 Å². The van der Waals surface area contributed by atoms with Gasteiger partial charge in [-0.15, -0.1) is 0 Å². The molecule has 2 N–H and O–H groups in total. The van der Waals surface area contributed by atoms with Gasteiger partial charge in [0.2, 0.25) is 0 Å². The fourth-order valence-electron chi connectivity index (χ4n) is 3.79. The van der Waals surface area contributed by atoms with Crippen LogP contribution in [0.5, 0.6) is 0 Å². The Morgan fingerprint density at radius 3 is 2.83 bits per heavy atom. The van der Waals surface area contributed by atoms with Gasteiger partial charge in [0, 0.05) is 5.57 Å². The van der Waals surface area contributed by atoms with Gasteiger partial charge in [0.25, 0.3) is 0 Å². The van der Waals surface area contributed by atoms with E-state index in [1.807, 2.05) is 6.08 Å². The standard InChI is InChI=1S/C15H22O3/c1-9-6-12(16)8-15(3)5-4-11(7-13(9)15)10(2)14(17)18/h6,11-13,16H,2,4-5,7-8H2,1,3H3,(H,17,18)/t11-,12+,13+,15+/m1/s1. The number of fused-ring (bicyclic) bond motifs is 1. The first-order valence-corrected chi connectivity index (χ1v) is 6.62. The molecule has 0 spiro atoms. The van der Waals surface area contributed by atoms with E-state index >= 15 is 0 Å². The summed E-state index contributed by atoms with van der Waals surface area (Å²) in [5, 5.41) is 18.9. The van der Waals surface area contributed by atoms with Crippen molar-refractivity contribution in [3.05, 3.63) is 23.8 Å². The highest BCUT2D eigenvalue weighted by molar-refractivity contribution is 5.86. The summed E-state index contributed by atoms with van der Waals surface area (Å²) >= 11 is 0. The summed E-state index contributed by atoms with van der Waals surface area (Å²) in [6.45, 7) is 7.98. The molecule has 1 fully saturated rings. The van der Waals surface area contributed by atoms with Gasteiger partial charge in [0.15, 0.2) is 0 Å². The molecule has 100 valence electrons. The summed E-state index contributed by atoms with van der Waals surface area (Å²) in [5.74, 6) is -0.406. The van der Waals surface area contributed by atoms with Crippen LogP contribution in [-0.4, -0.2) is 22.3 Å². The Hall–Kier alpha value is -1.09. The van der Waals surface area contributed by atoms with Gasteiger partial charge in [-0.1, -0.05) is 25.2 Å². The Kier molecular flexibility index (Phi) is 3.37. The SMILES string of the molecule is C=C(C(=O)O)[C@@H]1CC[C@@]2(C)C[C@@H](O)C=C(C)[C@@H]2C1. The number of rotatable bonds is 2. The second kappa shape index (κ2) is 4.54. The van der Waals surface area contributed by atoms with Crippen LogP contribution in [0.2, 0.25) is 0 Å². The van der Waals surface area contributed by atoms with Crippen molar-refractivity contribution < 1.29 is 15.0 Å². The predicted molar refractivity (Wildman–Crippen MR) is 70.1 cm³/mol. The van der Waals surface area contributed by atoms with E-state index in [0.29, 0.717) is 11.5 Å². The van der Waals surface area contributed by atoms with Crippen molar-refractivity contribution in [3.63, 3.8) is 0 Å². The summed E-state index contributed by atoms with van der Waals surface area (Å²) < 4.78 is 0. The summed E-state index contributed by atoms with van der Waals surface area (Å²) in [7, 11) is 0. The number of allylic oxidation sites excluding steroid dienone is 1. The molecular weight excluding hydrogens is 228 g/mol. The smallest absolute Gasteiger partial charge is 0.331 e. The molecule has 2 aliphatic carbocycles. The first-order chi connectivity index (χ1) is 8.33. The van der Waals surface area contributed by atoms with Crippen molar-refractivity contribution in [2.75, 3.05) is 0 Å². The summed E-state index contributed by atoms with van der Waals surface area (Å²) in [6, 6.07) is 0. The van der Waals surface area contributed by atoms with Crippen LogP contribution in [0.3, 0.4) is 0 Å². The molecule has 3 nitrogen and oxygen atoms in total. The van der Waals surface area contributed by atoms with E-state index in [1.54, 1.807) is 0 Å². The zero-order valence-electron chi connectivity index (χ0n) is 11.1. The molecule has 0 aromatic heterocycles. The Balaban J connectivity index is 2.20. The zero-order chi connectivity index (χ0) is 13.5. The van der Waals surface area contributed by atoms with Gasteiger partial charge in [0.05, 0.1) is 6.10 Å². The van der Waals surface area contributed by atoms with E-state index in [2.05, 4.69) is 20.4 Å². The molecule has 0 heterocycles. The average Bonchev–Trinajstić information content (AvgIpc) is 2.26. The number of aliphatic hydroxyl groups excluding tert-OH is 1. The minimum absolute atomic E-state index is 0.0826. The third-order valence-corrected chi connectivity index (χ3v) is 4.87. The van der Waals surface area contributed by atoms with E-state index < -0.39 is 5.97 Å². The molecule has 2 rings (SSSR count). The number of hydrogen-bond acceptors (Lipinski definition) is 2. The molecule has 0 saturated heterocycles. The summed E-state index contributed by atoms with van der Waals surface area (Å²) in [5.41, 5.74) is 1.67. The van der Waals surface area contributed by atoms with Gasteiger partial charge in [0.1, 0.15) is 0 Å². The zero-order valence-corrected chi connectivity index (χ0v) is 11.1. The predicted octanol–water partition coefficient (Wildman–Crippen LogP) is 2.76. The van der Waals surface area contributed by atoms with Crippen molar-refractivity contribution >= 4 is 5.97 Å². The maximum atomic E-state index is 11.0. The minimum atomic E-state index is -0.874. The van der Waals surface area contributed by atoms with Gasteiger partial charge >= 0.3 is 5.97 Å². The minimum Gasteiger partial charge on any atom is -0.478 e. The molecule has 3 heteroatoms. The third kappa shape index (κ3) is 2.24. The highest BCUT2D eigenvalue weighted by Gasteiger charge is 2.44.